The lowest BCUT2D eigenvalue weighted by molar-refractivity contribution is 0.471. The molecule has 2 aromatic carbocycles. The van der Waals surface area contributed by atoms with E-state index < -0.39 is 0 Å². The Hall–Kier alpha value is -1.51. The molecule has 2 N–H and O–H groups in total. The summed E-state index contributed by atoms with van der Waals surface area (Å²) in [7, 11) is 0. The van der Waals surface area contributed by atoms with Crippen LogP contribution < -0.4 is 10.5 Å². The number of ether oxygens (including phenoxy) is 1. The zero-order valence-electron chi connectivity index (χ0n) is 12.8. The quantitative estimate of drug-likeness (QED) is 0.841. The number of halogens is 1. The van der Waals surface area contributed by atoms with Crippen molar-refractivity contribution in [2.45, 2.75) is 39.7 Å². The summed E-state index contributed by atoms with van der Waals surface area (Å²) in [5.41, 5.74) is 9.61. The first-order chi connectivity index (χ1) is 9.99. The maximum absolute atomic E-state index is 6.10. The standard InChI is InChI=1S/C18H22ClNO/c1-4-16(20)10-14-6-7-15(19)11-18(14)21-17-8-5-12(2)13(3)9-17/h5-9,11,16H,4,10,20H2,1-3H3. The molecule has 1 unspecified atom stereocenters. The zero-order chi connectivity index (χ0) is 15.4. The lowest BCUT2D eigenvalue weighted by atomic mass is 10.0. The summed E-state index contributed by atoms with van der Waals surface area (Å²) in [5.74, 6) is 1.61. The molecule has 0 aliphatic heterocycles. The maximum Gasteiger partial charge on any atom is 0.132 e. The minimum atomic E-state index is 0.133. The summed E-state index contributed by atoms with van der Waals surface area (Å²) < 4.78 is 6.03. The Balaban J connectivity index is 2.28. The summed E-state index contributed by atoms with van der Waals surface area (Å²) in [6.07, 6.45) is 1.72. The van der Waals surface area contributed by atoms with Crippen molar-refractivity contribution in [2.24, 2.45) is 5.73 Å². The molecule has 0 spiro atoms. The minimum absolute atomic E-state index is 0.133. The van der Waals surface area contributed by atoms with Crippen LogP contribution in [0.4, 0.5) is 0 Å². The van der Waals surface area contributed by atoms with Crippen molar-refractivity contribution in [3.8, 4) is 11.5 Å². The van der Waals surface area contributed by atoms with Crippen molar-refractivity contribution in [2.75, 3.05) is 0 Å². The van der Waals surface area contributed by atoms with Crippen LogP contribution in [0.1, 0.15) is 30.0 Å². The molecule has 112 valence electrons. The van der Waals surface area contributed by atoms with Crippen molar-refractivity contribution in [1.29, 1.82) is 0 Å². The van der Waals surface area contributed by atoms with Gasteiger partial charge in [-0.25, -0.2) is 0 Å². The molecule has 21 heavy (non-hydrogen) atoms. The van der Waals surface area contributed by atoms with Crippen molar-refractivity contribution in [3.05, 3.63) is 58.1 Å². The summed E-state index contributed by atoms with van der Waals surface area (Å²) in [6.45, 7) is 6.25. The molecule has 1 atom stereocenters. The molecule has 0 radical (unpaired) electrons. The normalized spacial score (nSPS) is 12.2. The second-order valence-corrected chi connectivity index (χ2v) is 5.91. The highest BCUT2D eigenvalue weighted by Crippen LogP contribution is 2.30. The third kappa shape index (κ3) is 4.23. The largest absolute Gasteiger partial charge is 0.457 e. The van der Waals surface area contributed by atoms with Crippen LogP contribution in [0.3, 0.4) is 0 Å². The predicted molar refractivity (Wildman–Crippen MR) is 89.4 cm³/mol. The van der Waals surface area contributed by atoms with Crippen LogP contribution in [0.5, 0.6) is 11.5 Å². The van der Waals surface area contributed by atoms with E-state index in [1.807, 2.05) is 30.3 Å². The fraction of sp³-hybridized carbons (Fsp3) is 0.333. The number of rotatable bonds is 5. The fourth-order valence-corrected chi connectivity index (χ4v) is 2.29. The predicted octanol–water partition coefficient (Wildman–Crippen LogP) is 5.03. The van der Waals surface area contributed by atoms with E-state index in [1.54, 1.807) is 0 Å². The number of hydrogen-bond acceptors (Lipinski definition) is 2. The van der Waals surface area contributed by atoms with Gasteiger partial charge in [-0.3, -0.25) is 0 Å². The Morgan fingerprint density at radius 1 is 1.10 bits per heavy atom. The van der Waals surface area contributed by atoms with Gasteiger partial charge < -0.3 is 10.5 Å². The molecule has 2 rings (SSSR count). The van der Waals surface area contributed by atoms with Gasteiger partial charge in [-0.1, -0.05) is 30.7 Å². The molecule has 2 nitrogen and oxygen atoms in total. The van der Waals surface area contributed by atoms with Crippen molar-refractivity contribution < 1.29 is 4.74 Å². The Kier molecular flexibility index (Phi) is 5.27. The highest BCUT2D eigenvalue weighted by Gasteiger charge is 2.10. The van der Waals surface area contributed by atoms with Gasteiger partial charge in [0, 0.05) is 11.1 Å². The van der Waals surface area contributed by atoms with Crippen LogP contribution in [0, 0.1) is 13.8 Å². The van der Waals surface area contributed by atoms with Crippen LogP contribution in [-0.4, -0.2) is 6.04 Å². The molecule has 0 saturated carbocycles. The fourth-order valence-electron chi connectivity index (χ4n) is 2.12. The topological polar surface area (TPSA) is 35.2 Å². The molecule has 0 aromatic heterocycles. The van der Waals surface area contributed by atoms with Gasteiger partial charge in [0.05, 0.1) is 0 Å². The van der Waals surface area contributed by atoms with Gasteiger partial charge in [-0.15, -0.1) is 0 Å². The molecule has 0 aliphatic rings. The second kappa shape index (κ2) is 6.97. The third-order valence-corrected chi connectivity index (χ3v) is 3.98. The molecule has 2 aromatic rings. The lowest BCUT2D eigenvalue weighted by Crippen LogP contribution is -2.21. The van der Waals surface area contributed by atoms with Crippen LogP contribution >= 0.6 is 11.6 Å². The molecule has 3 heteroatoms. The SMILES string of the molecule is CCC(N)Cc1ccc(Cl)cc1Oc1ccc(C)c(C)c1. The van der Waals surface area contributed by atoms with E-state index in [4.69, 9.17) is 22.1 Å². The van der Waals surface area contributed by atoms with Crippen molar-refractivity contribution in [3.63, 3.8) is 0 Å². The van der Waals surface area contributed by atoms with Gasteiger partial charge in [-0.2, -0.15) is 0 Å². The minimum Gasteiger partial charge on any atom is -0.457 e. The third-order valence-electron chi connectivity index (χ3n) is 3.74. The summed E-state index contributed by atoms with van der Waals surface area (Å²) in [4.78, 5) is 0. The molecular weight excluding hydrogens is 282 g/mol. The van der Waals surface area contributed by atoms with Crippen LogP contribution in [0.25, 0.3) is 0 Å². The summed E-state index contributed by atoms with van der Waals surface area (Å²) in [6, 6.07) is 11.9. The molecule has 0 aliphatic carbocycles. The maximum atomic E-state index is 6.10. The summed E-state index contributed by atoms with van der Waals surface area (Å²) >= 11 is 6.10. The van der Waals surface area contributed by atoms with Crippen molar-refractivity contribution >= 4 is 11.6 Å². The van der Waals surface area contributed by atoms with Gasteiger partial charge in [0.2, 0.25) is 0 Å². The second-order valence-electron chi connectivity index (χ2n) is 5.47. The summed E-state index contributed by atoms with van der Waals surface area (Å²) in [5, 5.41) is 0.669. The molecule has 0 amide bonds. The van der Waals surface area contributed by atoms with Gasteiger partial charge in [0.1, 0.15) is 11.5 Å². The van der Waals surface area contributed by atoms with E-state index in [-0.39, 0.29) is 6.04 Å². The highest BCUT2D eigenvalue weighted by atomic mass is 35.5. The van der Waals surface area contributed by atoms with E-state index in [0.717, 1.165) is 29.9 Å². The first kappa shape index (κ1) is 15.9. The lowest BCUT2D eigenvalue weighted by Gasteiger charge is -2.15. The number of benzene rings is 2. The molecule has 0 bridgehead atoms. The van der Waals surface area contributed by atoms with E-state index in [0.29, 0.717) is 5.02 Å². The van der Waals surface area contributed by atoms with Crippen LogP contribution in [0.15, 0.2) is 36.4 Å². The van der Waals surface area contributed by atoms with Gasteiger partial charge in [0.25, 0.3) is 0 Å². The van der Waals surface area contributed by atoms with Crippen LogP contribution in [0.2, 0.25) is 5.02 Å². The molecule has 0 heterocycles. The van der Waals surface area contributed by atoms with E-state index in [2.05, 4.69) is 26.8 Å². The van der Waals surface area contributed by atoms with E-state index in [1.165, 1.54) is 11.1 Å². The Morgan fingerprint density at radius 2 is 1.86 bits per heavy atom. The van der Waals surface area contributed by atoms with E-state index in [9.17, 15) is 0 Å². The highest BCUT2D eigenvalue weighted by molar-refractivity contribution is 6.30. The van der Waals surface area contributed by atoms with Crippen LogP contribution in [-0.2, 0) is 6.42 Å². The average molecular weight is 304 g/mol. The molecular formula is C18H22ClNO. The first-order valence-electron chi connectivity index (χ1n) is 7.28. The number of aryl methyl sites for hydroxylation is 2. The Bertz CT molecular complexity index is 625. The molecule has 0 fully saturated rings. The van der Waals surface area contributed by atoms with Gasteiger partial charge in [-0.05, 0) is 67.6 Å². The van der Waals surface area contributed by atoms with Gasteiger partial charge >= 0.3 is 0 Å². The Labute approximate surface area is 131 Å². The van der Waals surface area contributed by atoms with Crippen molar-refractivity contribution in [1.82, 2.24) is 0 Å². The zero-order valence-corrected chi connectivity index (χ0v) is 13.6. The number of hydrogen-bond donors (Lipinski definition) is 1. The van der Waals surface area contributed by atoms with E-state index >= 15 is 0 Å². The van der Waals surface area contributed by atoms with Gasteiger partial charge in [0.15, 0.2) is 0 Å². The smallest absolute Gasteiger partial charge is 0.132 e. The number of nitrogens with two attached hydrogens (primary N) is 1. The Morgan fingerprint density at radius 3 is 2.52 bits per heavy atom. The average Bonchev–Trinajstić information content (AvgIpc) is 2.45. The molecule has 0 saturated heterocycles. The first-order valence-corrected chi connectivity index (χ1v) is 7.66. The monoisotopic (exact) mass is 303 g/mol.